The fourth-order valence-corrected chi connectivity index (χ4v) is 4.16. The molecule has 2 aromatic rings. The van der Waals surface area contributed by atoms with Gasteiger partial charge in [-0.05, 0) is 12.8 Å². The van der Waals surface area contributed by atoms with E-state index in [-0.39, 0.29) is 22.4 Å². The van der Waals surface area contributed by atoms with E-state index < -0.39 is 18.0 Å². The average Bonchev–Trinajstić information content (AvgIpc) is 3.34. The minimum atomic E-state index is -3.43. The van der Waals surface area contributed by atoms with Crippen LogP contribution in [0.3, 0.4) is 0 Å². The van der Waals surface area contributed by atoms with E-state index in [1.54, 1.807) is 11.0 Å². The number of alkyl halides is 2. The van der Waals surface area contributed by atoms with Crippen molar-refractivity contribution in [3.63, 3.8) is 0 Å². The van der Waals surface area contributed by atoms with Crippen LogP contribution < -0.4 is 0 Å². The molecule has 2 heterocycles. The normalized spacial score (nSPS) is 18.3. The number of carboxylic acid groups (broad SMARTS) is 1. The molecule has 0 saturated carbocycles. The first-order chi connectivity index (χ1) is 14.3. The van der Waals surface area contributed by atoms with Gasteiger partial charge in [0.2, 0.25) is 5.91 Å². The largest absolute Gasteiger partial charge is 0.477 e. The summed E-state index contributed by atoms with van der Waals surface area (Å²) in [4.78, 5) is 28.9. The highest BCUT2D eigenvalue weighted by atomic mass is 32.1. The number of likely N-dealkylation sites (tertiary alicyclic amines) is 1. The molecule has 0 spiro atoms. The Morgan fingerprint density at radius 3 is 2.77 bits per heavy atom. The van der Waals surface area contributed by atoms with Crippen LogP contribution in [0.5, 0.6) is 0 Å². The molecule has 1 saturated heterocycles. The maximum Gasteiger partial charge on any atom is 0.347 e. The number of carboxylic acids is 1. The second-order valence-electron chi connectivity index (χ2n) is 7.04. The molecular weight excluding hydrogens is 414 g/mol. The summed E-state index contributed by atoms with van der Waals surface area (Å²) in [5.74, 6) is -4.53. The lowest BCUT2D eigenvalue weighted by Crippen LogP contribution is -2.34. The SMILES string of the molecule is O=C(O)c1cnc(CCCN2C(=O)CC[C@@H]2C=CC(O)C(F)(F)c2ccccc2)s1. The average molecular weight is 436 g/mol. The topological polar surface area (TPSA) is 90.7 Å². The highest BCUT2D eigenvalue weighted by Crippen LogP contribution is 2.32. The smallest absolute Gasteiger partial charge is 0.347 e. The van der Waals surface area contributed by atoms with Crippen molar-refractivity contribution in [1.29, 1.82) is 0 Å². The predicted octanol–water partition coefficient (Wildman–Crippen LogP) is 3.47. The monoisotopic (exact) mass is 436 g/mol. The van der Waals surface area contributed by atoms with Crippen LogP contribution in [0.2, 0.25) is 0 Å². The van der Waals surface area contributed by atoms with Gasteiger partial charge in [0.15, 0.2) is 0 Å². The van der Waals surface area contributed by atoms with Crippen molar-refractivity contribution in [2.24, 2.45) is 0 Å². The number of benzene rings is 1. The molecule has 1 aromatic carbocycles. The molecule has 0 radical (unpaired) electrons. The third-order valence-electron chi connectivity index (χ3n) is 4.97. The van der Waals surface area contributed by atoms with Gasteiger partial charge in [0, 0.05) is 24.9 Å². The third-order valence-corrected chi connectivity index (χ3v) is 6.02. The van der Waals surface area contributed by atoms with Crippen LogP contribution in [0.15, 0.2) is 48.7 Å². The lowest BCUT2D eigenvalue weighted by atomic mass is 10.0. The Bertz CT molecular complexity index is 917. The van der Waals surface area contributed by atoms with E-state index in [1.807, 2.05) is 0 Å². The van der Waals surface area contributed by atoms with Gasteiger partial charge in [0.1, 0.15) is 11.0 Å². The molecule has 6 nitrogen and oxygen atoms in total. The lowest BCUT2D eigenvalue weighted by Gasteiger charge is -2.24. The van der Waals surface area contributed by atoms with Gasteiger partial charge >= 0.3 is 11.9 Å². The van der Waals surface area contributed by atoms with Crippen LogP contribution in [0.4, 0.5) is 8.78 Å². The van der Waals surface area contributed by atoms with Gasteiger partial charge in [-0.3, -0.25) is 4.79 Å². The first kappa shape index (κ1) is 22.0. The lowest BCUT2D eigenvalue weighted by molar-refractivity contribution is -0.128. The molecule has 1 aromatic heterocycles. The van der Waals surface area contributed by atoms with Gasteiger partial charge in [-0.1, -0.05) is 42.5 Å². The molecule has 9 heteroatoms. The number of carbonyl (C=O) groups is 2. The summed E-state index contributed by atoms with van der Waals surface area (Å²) in [6, 6.07) is 6.76. The van der Waals surface area contributed by atoms with Crippen molar-refractivity contribution in [3.05, 3.63) is 64.1 Å². The standard InChI is InChI=1S/C21H22F2N2O4S/c22-21(23,14-5-2-1-3-6-14)17(26)10-8-15-9-11-19(27)25(15)12-4-7-18-24-13-16(30-18)20(28)29/h1-3,5-6,8,10,13,15,17,26H,4,7,9,11-12H2,(H,28,29)/t15-,17?/m0/s1. The number of thiazole rings is 1. The highest BCUT2D eigenvalue weighted by Gasteiger charge is 2.39. The number of rotatable bonds is 9. The van der Waals surface area contributed by atoms with E-state index in [0.717, 1.165) is 17.4 Å². The summed E-state index contributed by atoms with van der Waals surface area (Å²) in [5, 5.41) is 19.6. The number of hydrogen-bond donors (Lipinski definition) is 2. The summed E-state index contributed by atoms with van der Waals surface area (Å²) in [6.45, 7) is 0.404. The first-order valence-electron chi connectivity index (χ1n) is 9.56. The molecule has 160 valence electrons. The van der Waals surface area contributed by atoms with Crippen LogP contribution in [-0.4, -0.2) is 50.7 Å². The van der Waals surface area contributed by atoms with E-state index in [1.165, 1.54) is 36.5 Å². The number of halogens is 2. The minimum Gasteiger partial charge on any atom is -0.477 e. The van der Waals surface area contributed by atoms with Crippen molar-refractivity contribution in [2.75, 3.05) is 6.54 Å². The maximum atomic E-state index is 14.4. The van der Waals surface area contributed by atoms with Gasteiger partial charge in [0.05, 0.1) is 17.2 Å². The zero-order valence-electron chi connectivity index (χ0n) is 16.1. The van der Waals surface area contributed by atoms with E-state index in [2.05, 4.69) is 4.98 Å². The van der Waals surface area contributed by atoms with Crippen molar-refractivity contribution >= 4 is 23.2 Å². The van der Waals surface area contributed by atoms with E-state index in [0.29, 0.717) is 37.2 Å². The molecule has 0 bridgehead atoms. The molecule has 1 unspecified atom stereocenters. The quantitative estimate of drug-likeness (QED) is 0.588. The fourth-order valence-electron chi connectivity index (χ4n) is 3.36. The van der Waals surface area contributed by atoms with Gasteiger partial charge in [-0.25, -0.2) is 9.78 Å². The van der Waals surface area contributed by atoms with Gasteiger partial charge in [0.25, 0.3) is 0 Å². The fraction of sp³-hybridized carbons (Fsp3) is 0.381. The Kier molecular flexibility index (Phi) is 6.94. The van der Waals surface area contributed by atoms with Crippen molar-refractivity contribution in [1.82, 2.24) is 9.88 Å². The van der Waals surface area contributed by atoms with Crippen molar-refractivity contribution < 1.29 is 28.6 Å². The number of aliphatic hydroxyl groups is 1. The molecule has 30 heavy (non-hydrogen) atoms. The van der Waals surface area contributed by atoms with Crippen LogP contribution in [0.1, 0.15) is 39.5 Å². The summed E-state index contributed by atoms with van der Waals surface area (Å²) in [6.07, 6.45) is 3.75. The first-order valence-corrected chi connectivity index (χ1v) is 10.4. The Labute approximate surface area is 176 Å². The zero-order chi connectivity index (χ0) is 21.7. The Morgan fingerprint density at radius 2 is 2.10 bits per heavy atom. The Hall–Kier alpha value is -2.65. The maximum absolute atomic E-state index is 14.4. The third kappa shape index (κ3) is 5.09. The number of carbonyl (C=O) groups excluding carboxylic acids is 1. The van der Waals surface area contributed by atoms with E-state index in [9.17, 15) is 23.5 Å². The summed E-state index contributed by atoms with van der Waals surface area (Å²) in [7, 11) is 0. The summed E-state index contributed by atoms with van der Waals surface area (Å²) >= 11 is 1.10. The molecule has 3 rings (SSSR count). The Balaban J connectivity index is 1.58. The van der Waals surface area contributed by atoms with Crippen LogP contribution in [0, 0.1) is 0 Å². The number of aromatic nitrogens is 1. The van der Waals surface area contributed by atoms with Crippen molar-refractivity contribution in [3.8, 4) is 0 Å². The highest BCUT2D eigenvalue weighted by molar-refractivity contribution is 7.13. The van der Waals surface area contributed by atoms with Crippen LogP contribution in [-0.2, 0) is 17.1 Å². The minimum absolute atomic E-state index is 0.0701. The van der Waals surface area contributed by atoms with E-state index >= 15 is 0 Å². The number of hydrogen-bond acceptors (Lipinski definition) is 5. The van der Waals surface area contributed by atoms with Crippen LogP contribution in [0.25, 0.3) is 0 Å². The van der Waals surface area contributed by atoms with Gasteiger partial charge < -0.3 is 15.1 Å². The number of aryl methyl sites for hydroxylation is 1. The molecule has 1 amide bonds. The van der Waals surface area contributed by atoms with Crippen LogP contribution >= 0.6 is 11.3 Å². The van der Waals surface area contributed by atoms with Gasteiger partial charge in [-0.2, -0.15) is 8.78 Å². The van der Waals surface area contributed by atoms with E-state index in [4.69, 9.17) is 5.11 Å². The molecule has 1 aliphatic heterocycles. The summed E-state index contributed by atoms with van der Waals surface area (Å²) < 4.78 is 28.8. The second-order valence-corrected chi connectivity index (χ2v) is 8.15. The van der Waals surface area contributed by atoms with Crippen molar-refractivity contribution in [2.45, 2.75) is 43.8 Å². The number of aliphatic hydroxyl groups excluding tert-OH is 1. The zero-order valence-corrected chi connectivity index (χ0v) is 16.9. The summed E-state index contributed by atoms with van der Waals surface area (Å²) in [5.41, 5.74) is -0.273. The molecule has 2 N–H and O–H groups in total. The molecular formula is C21H22F2N2O4S. The molecule has 2 atom stereocenters. The Morgan fingerprint density at radius 1 is 1.37 bits per heavy atom. The number of aromatic carboxylic acids is 1. The predicted molar refractivity (Wildman–Crippen MR) is 108 cm³/mol. The molecule has 0 aliphatic carbocycles. The second kappa shape index (κ2) is 9.44. The van der Waals surface area contributed by atoms with Gasteiger partial charge in [-0.15, -0.1) is 11.3 Å². The molecule has 1 fully saturated rings. The molecule has 1 aliphatic rings. The number of nitrogens with zero attached hydrogens (tertiary/aromatic N) is 2. The number of amides is 1.